The molecule has 2 aromatic heterocycles. The number of nitrogens with zero attached hydrogens (tertiary/aromatic N) is 3. The Labute approximate surface area is 94.5 Å². The quantitative estimate of drug-likeness (QED) is 0.844. The predicted octanol–water partition coefficient (Wildman–Crippen LogP) is 1.31. The molecular formula is C11H16N4O. The van der Waals surface area contributed by atoms with Crippen molar-refractivity contribution in [3.8, 4) is 0 Å². The van der Waals surface area contributed by atoms with E-state index in [0.29, 0.717) is 6.54 Å². The Morgan fingerprint density at radius 2 is 2.19 bits per heavy atom. The molecule has 5 nitrogen and oxygen atoms in total. The van der Waals surface area contributed by atoms with Crippen LogP contribution < -0.4 is 5.32 Å². The van der Waals surface area contributed by atoms with Crippen LogP contribution in [0.1, 0.15) is 22.9 Å². The average molecular weight is 220 g/mol. The molecule has 0 fully saturated rings. The van der Waals surface area contributed by atoms with Gasteiger partial charge in [0.05, 0.1) is 6.54 Å². The third-order valence-corrected chi connectivity index (χ3v) is 2.39. The first-order chi connectivity index (χ1) is 7.65. The highest BCUT2D eigenvalue weighted by Crippen LogP contribution is 2.13. The molecule has 0 aliphatic heterocycles. The molecule has 0 aliphatic carbocycles. The highest BCUT2D eigenvalue weighted by atomic mass is 16.3. The van der Waals surface area contributed by atoms with Crippen LogP contribution in [0.3, 0.4) is 0 Å². The van der Waals surface area contributed by atoms with Gasteiger partial charge in [-0.2, -0.15) is 5.10 Å². The van der Waals surface area contributed by atoms with E-state index in [9.17, 15) is 0 Å². The zero-order chi connectivity index (χ0) is 11.5. The van der Waals surface area contributed by atoms with E-state index in [1.807, 2.05) is 27.0 Å². The van der Waals surface area contributed by atoms with Gasteiger partial charge >= 0.3 is 0 Å². The third kappa shape index (κ3) is 2.49. The molecule has 0 atom stereocenters. The van der Waals surface area contributed by atoms with E-state index < -0.39 is 0 Å². The number of aryl methyl sites for hydroxylation is 3. The summed E-state index contributed by atoms with van der Waals surface area (Å²) in [5.74, 6) is 2.73. The van der Waals surface area contributed by atoms with Crippen LogP contribution in [0.2, 0.25) is 0 Å². The van der Waals surface area contributed by atoms with Crippen LogP contribution in [-0.2, 0) is 20.1 Å². The summed E-state index contributed by atoms with van der Waals surface area (Å²) in [6.45, 7) is 5.38. The van der Waals surface area contributed by atoms with Crippen molar-refractivity contribution in [2.75, 3.05) is 0 Å². The van der Waals surface area contributed by atoms with Gasteiger partial charge in [-0.05, 0) is 19.9 Å². The average Bonchev–Trinajstić information content (AvgIpc) is 2.74. The van der Waals surface area contributed by atoms with Crippen molar-refractivity contribution in [2.45, 2.75) is 26.9 Å². The summed E-state index contributed by atoms with van der Waals surface area (Å²) in [5.41, 5.74) is 1.19. The van der Waals surface area contributed by atoms with E-state index in [1.54, 1.807) is 11.0 Å². The zero-order valence-electron chi connectivity index (χ0n) is 9.82. The molecular weight excluding hydrogens is 204 g/mol. The largest absolute Gasteiger partial charge is 0.466 e. The second kappa shape index (κ2) is 4.49. The lowest BCUT2D eigenvalue weighted by molar-refractivity contribution is 0.498. The summed E-state index contributed by atoms with van der Waals surface area (Å²) < 4.78 is 7.14. The molecule has 0 unspecified atom stereocenters. The van der Waals surface area contributed by atoms with Crippen LogP contribution in [0, 0.1) is 13.8 Å². The SMILES string of the molecule is Cc1cc(CNCc2ncn(C)n2)c(C)o1. The normalized spacial score (nSPS) is 10.9. The lowest BCUT2D eigenvalue weighted by Gasteiger charge is -2.00. The Balaban J connectivity index is 1.86. The Hall–Kier alpha value is -1.62. The second-order valence-corrected chi connectivity index (χ2v) is 3.88. The lowest BCUT2D eigenvalue weighted by Crippen LogP contribution is -2.14. The van der Waals surface area contributed by atoms with Gasteiger partial charge in [-0.25, -0.2) is 4.98 Å². The summed E-state index contributed by atoms with van der Waals surface area (Å²) in [5, 5.41) is 7.48. The molecule has 2 heterocycles. The van der Waals surface area contributed by atoms with Crippen molar-refractivity contribution in [2.24, 2.45) is 7.05 Å². The van der Waals surface area contributed by atoms with Crippen LogP contribution in [0.25, 0.3) is 0 Å². The Kier molecular flexibility index (Phi) is 3.05. The first-order valence-electron chi connectivity index (χ1n) is 5.26. The van der Waals surface area contributed by atoms with Crippen LogP contribution in [-0.4, -0.2) is 14.8 Å². The fraction of sp³-hybridized carbons (Fsp3) is 0.455. The smallest absolute Gasteiger partial charge is 0.164 e. The molecule has 16 heavy (non-hydrogen) atoms. The maximum atomic E-state index is 5.45. The number of furan rings is 1. The standard InChI is InChI=1S/C11H16N4O/c1-8-4-10(9(2)16-8)5-12-6-11-13-7-15(3)14-11/h4,7,12H,5-6H2,1-3H3. The van der Waals surface area contributed by atoms with E-state index in [2.05, 4.69) is 15.4 Å². The van der Waals surface area contributed by atoms with Gasteiger partial charge in [-0.1, -0.05) is 0 Å². The highest BCUT2D eigenvalue weighted by Gasteiger charge is 2.04. The van der Waals surface area contributed by atoms with Crippen molar-refractivity contribution in [3.63, 3.8) is 0 Å². The van der Waals surface area contributed by atoms with Gasteiger partial charge in [0.15, 0.2) is 5.82 Å². The maximum absolute atomic E-state index is 5.45. The first kappa shape index (κ1) is 10.9. The summed E-state index contributed by atoms with van der Waals surface area (Å²) >= 11 is 0. The molecule has 0 aromatic carbocycles. The van der Waals surface area contributed by atoms with Gasteiger partial charge in [-0.3, -0.25) is 4.68 Å². The van der Waals surface area contributed by atoms with Crippen molar-refractivity contribution in [1.29, 1.82) is 0 Å². The molecule has 0 aliphatic rings. The number of aromatic nitrogens is 3. The molecule has 2 aromatic rings. The molecule has 0 amide bonds. The Morgan fingerprint density at radius 1 is 1.38 bits per heavy atom. The fourth-order valence-corrected chi connectivity index (χ4v) is 1.63. The minimum absolute atomic E-state index is 0.671. The van der Waals surface area contributed by atoms with Crippen molar-refractivity contribution < 1.29 is 4.42 Å². The summed E-state index contributed by atoms with van der Waals surface area (Å²) in [6, 6.07) is 2.05. The number of hydrogen-bond donors (Lipinski definition) is 1. The van der Waals surface area contributed by atoms with Crippen LogP contribution >= 0.6 is 0 Å². The van der Waals surface area contributed by atoms with Gasteiger partial charge in [0.25, 0.3) is 0 Å². The molecule has 5 heteroatoms. The van der Waals surface area contributed by atoms with E-state index in [0.717, 1.165) is 23.9 Å². The zero-order valence-corrected chi connectivity index (χ0v) is 9.82. The third-order valence-electron chi connectivity index (χ3n) is 2.39. The van der Waals surface area contributed by atoms with Crippen molar-refractivity contribution in [1.82, 2.24) is 20.1 Å². The Morgan fingerprint density at radius 3 is 2.75 bits per heavy atom. The summed E-state index contributed by atoms with van der Waals surface area (Å²) in [6.07, 6.45) is 1.70. The van der Waals surface area contributed by atoms with Gasteiger partial charge in [0, 0.05) is 19.2 Å². The van der Waals surface area contributed by atoms with Crippen LogP contribution in [0.15, 0.2) is 16.8 Å². The number of hydrogen-bond acceptors (Lipinski definition) is 4. The summed E-state index contributed by atoms with van der Waals surface area (Å²) in [4.78, 5) is 4.14. The molecule has 0 spiro atoms. The molecule has 1 N–H and O–H groups in total. The van der Waals surface area contributed by atoms with Gasteiger partial charge < -0.3 is 9.73 Å². The highest BCUT2D eigenvalue weighted by molar-refractivity contribution is 5.19. The van der Waals surface area contributed by atoms with E-state index in [4.69, 9.17) is 4.42 Å². The second-order valence-electron chi connectivity index (χ2n) is 3.88. The Bertz CT molecular complexity index is 472. The number of nitrogens with one attached hydrogen (secondary N) is 1. The molecule has 0 saturated heterocycles. The maximum Gasteiger partial charge on any atom is 0.164 e. The first-order valence-corrected chi connectivity index (χ1v) is 5.26. The molecule has 0 saturated carbocycles. The van der Waals surface area contributed by atoms with Gasteiger partial charge in [-0.15, -0.1) is 0 Å². The molecule has 0 bridgehead atoms. The lowest BCUT2D eigenvalue weighted by atomic mass is 10.2. The minimum Gasteiger partial charge on any atom is -0.466 e. The van der Waals surface area contributed by atoms with Crippen molar-refractivity contribution >= 4 is 0 Å². The fourth-order valence-electron chi connectivity index (χ4n) is 1.63. The molecule has 2 rings (SSSR count). The van der Waals surface area contributed by atoms with Gasteiger partial charge in [0.1, 0.15) is 17.8 Å². The van der Waals surface area contributed by atoms with E-state index >= 15 is 0 Å². The van der Waals surface area contributed by atoms with Gasteiger partial charge in [0.2, 0.25) is 0 Å². The molecule has 0 radical (unpaired) electrons. The number of rotatable bonds is 4. The monoisotopic (exact) mass is 220 g/mol. The van der Waals surface area contributed by atoms with E-state index in [1.165, 1.54) is 5.56 Å². The summed E-state index contributed by atoms with van der Waals surface area (Å²) in [7, 11) is 1.86. The van der Waals surface area contributed by atoms with E-state index in [-0.39, 0.29) is 0 Å². The van der Waals surface area contributed by atoms with Crippen LogP contribution in [0.5, 0.6) is 0 Å². The molecule has 86 valence electrons. The van der Waals surface area contributed by atoms with Crippen LogP contribution in [0.4, 0.5) is 0 Å². The minimum atomic E-state index is 0.671. The topological polar surface area (TPSA) is 55.9 Å². The predicted molar refractivity (Wildman–Crippen MR) is 59.7 cm³/mol. The van der Waals surface area contributed by atoms with Crippen molar-refractivity contribution in [3.05, 3.63) is 35.3 Å².